The highest BCUT2D eigenvalue weighted by molar-refractivity contribution is 8.76. The smallest absolute Gasteiger partial charge is 0.481 e. The van der Waals surface area contributed by atoms with Gasteiger partial charge in [-0.15, -0.1) is 0 Å². The number of aromatic amines is 1. The summed E-state index contributed by atoms with van der Waals surface area (Å²) in [6.07, 6.45) is -2.14. The molecule has 388 valence electrons. The number of nitrogens with zero attached hydrogens (tertiary/aromatic N) is 1. The first-order chi connectivity index (χ1) is 32.2. The van der Waals surface area contributed by atoms with Gasteiger partial charge in [0.15, 0.2) is 0 Å². The molecule has 0 bridgehead atoms. The Labute approximate surface area is 398 Å². The quantitative estimate of drug-likeness (QED) is 0.0118. The van der Waals surface area contributed by atoms with Crippen LogP contribution in [0.1, 0.15) is 76.0 Å². The first kappa shape index (κ1) is 60.8. The second-order valence-electron chi connectivity index (χ2n) is 14.4. The third kappa shape index (κ3) is 24.9. The lowest BCUT2D eigenvalue weighted by Crippen LogP contribution is -2.52. The number of hydrogen-bond donors (Lipinski definition) is 13. The van der Waals surface area contributed by atoms with Crippen LogP contribution < -0.4 is 38.2 Å². The van der Waals surface area contributed by atoms with Gasteiger partial charge < -0.3 is 71.4 Å². The fourth-order valence-corrected chi connectivity index (χ4v) is 10.7. The SMILES string of the molecule is NC(CCCSSCCC(=O)NCC#Cc1cn(C2CC(O)C(COP(=O)(O)OP(=O)(O)OP(=O)(O)O)O2)c(=O)[nH]c1=O)C(=O)NCCCCCC(=O)NC(CC=O)C(=O)NC(CC(=O)O)C(=O)O. The fraction of sp³-hybridized carbons (Fsp3) is 0.618. The lowest BCUT2D eigenvalue weighted by Gasteiger charge is -2.19. The number of unbranched alkanes of at least 4 members (excludes halogenated alkanes) is 2. The zero-order chi connectivity index (χ0) is 52.0. The number of carbonyl (C=O) groups is 7. The number of phosphoric acid groups is 3. The highest BCUT2D eigenvalue weighted by Gasteiger charge is 2.43. The molecule has 8 unspecified atom stereocenters. The Morgan fingerprint density at radius 3 is 2.26 bits per heavy atom. The average molecular weight is 1080 g/mol. The second-order valence-corrected chi connectivity index (χ2v) is 21.5. The molecule has 4 amide bonds. The number of aliphatic hydroxyl groups excluding tert-OH is 1. The number of hydrogen-bond acceptors (Lipinski definition) is 20. The van der Waals surface area contributed by atoms with Gasteiger partial charge in [0.1, 0.15) is 36.3 Å². The van der Waals surface area contributed by atoms with Gasteiger partial charge in [0.05, 0.1) is 31.7 Å². The summed E-state index contributed by atoms with van der Waals surface area (Å²) in [7, 11) is -14.1. The van der Waals surface area contributed by atoms with E-state index in [-0.39, 0.29) is 49.7 Å². The summed E-state index contributed by atoms with van der Waals surface area (Å²) in [6, 6.07) is -3.92. The van der Waals surface area contributed by atoms with E-state index in [9.17, 15) is 71.7 Å². The van der Waals surface area contributed by atoms with Crippen molar-refractivity contribution in [1.82, 2.24) is 30.8 Å². The summed E-state index contributed by atoms with van der Waals surface area (Å²) in [5.74, 6) is 0.708. The van der Waals surface area contributed by atoms with Gasteiger partial charge in [0.2, 0.25) is 23.6 Å². The molecule has 2 heterocycles. The highest BCUT2D eigenvalue weighted by atomic mass is 33.1. The third-order valence-electron chi connectivity index (χ3n) is 8.83. The number of phosphoric ester groups is 1. The molecule has 0 aliphatic carbocycles. The van der Waals surface area contributed by atoms with Crippen LogP contribution >= 0.6 is 45.1 Å². The molecule has 0 spiro atoms. The molecule has 8 atom stereocenters. The standard InChI is InChI=1S/C34H52N7O23P3S2/c35-21(31(49)37-11-3-1-2-8-27(45)38-22(9-13-42)32(50)39-23(33(51)52)16-29(46)47)7-5-14-68-69-15-10-26(44)36-12-4-6-20-18-41(34(53)40-30(20)48)28-17-24(43)25(62-28)19-61-66(57,58)64-67(59,60)63-65(54,55)56/h13,18,21-25,28,43H,1-3,5,7-12,14-17,19,35H2,(H,36,44)(H,37,49)(H,38,45)(H,39,50)(H,46,47)(H,51,52)(H,57,58)(H,59,60)(H,40,48,53)(H2,54,55,56). The van der Waals surface area contributed by atoms with Crippen molar-refractivity contribution in [1.29, 1.82) is 0 Å². The average Bonchev–Trinajstić information content (AvgIpc) is 3.60. The van der Waals surface area contributed by atoms with E-state index in [1.807, 2.05) is 10.3 Å². The van der Waals surface area contributed by atoms with Gasteiger partial charge >= 0.3 is 41.1 Å². The molecular formula is C34H52N7O23P3S2. The van der Waals surface area contributed by atoms with Crippen molar-refractivity contribution in [3.8, 4) is 11.8 Å². The van der Waals surface area contributed by atoms with Gasteiger partial charge in [-0.05, 0) is 25.7 Å². The number of nitrogens with one attached hydrogen (secondary N) is 5. The third-order valence-corrected chi connectivity index (χ3v) is 15.1. The van der Waals surface area contributed by atoms with Gasteiger partial charge in [-0.25, -0.2) is 23.3 Å². The number of aliphatic hydroxyl groups is 1. The van der Waals surface area contributed by atoms with Crippen LogP contribution in [-0.2, 0) is 65.1 Å². The largest absolute Gasteiger partial charge is 0.490 e. The summed E-state index contributed by atoms with van der Waals surface area (Å²) >= 11 is 0. The van der Waals surface area contributed by atoms with E-state index in [4.69, 9.17) is 30.5 Å². The molecule has 1 fully saturated rings. The van der Waals surface area contributed by atoms with Crippen molar-refractivity contribution in [2.24, 2.45) is 5.73 Å². The number of aldehydes is 1. The van der Waals surface area contributed by atoms with Crippen molar-refractivity contribution in [2.75, 3.05) is 31.2 Å². The lowest BCUT2D eigenvalue weighted by molar-refractivity contribution is -0.147. The van der Waals surface area contributed by atoms with E-state index in [1.165, 1.54) is 21.6 Å². The number of rotatable bonds is 32. The van der Waals surface area contributed by atoms with Crippen LogP contribution in [0.25, 0.3) is 0 Å². The van der Waals surface area contributed by atoms with Crippen LogP contribution in [0.4, 0.5) is 0 Å². The molecule has 0 radical (unpaired) electrons. The van der Waals surface area contributed by atoms with E-state index in [0.717, 1.165) is 10.8 Å². The fourth-order valence-electron chi connectivity index (χ4n) is 5.58. The van der Waals surface area contributed by atoms with Crippen LogP contribution in [0.5, 0.6) is 0 Å². The molecule has 0 saturated carbocycles. The topological polar surface area (TPSA) is 478 Å². The first-order valence-electron chi connectivity index (χ1n) is 20.2. The van der Waals surface area contributed by atoms with E-state index in [0.29, 0.717) is 49.9 Å². The van der Waals surface area contributed by atoms with Gasteiger partial charge in [-0.1, -0.05) is 39.8 Å². The van der Waals surface area contributed by atoms with E-state index >= 15 is 0 Å². The van der Waals surface area contributed by atoms with E-state index in [1.54, 1.807) is 0 Å². The van der Waals surface area contributed by atoms with Gasteiger partial charge in [0.25, 0.3) is 5.56 Å². The van der Waals surface area contributed by atoms with Crippen molar-refractivity contribution in [3.05, 3.63) is 32.6 Å². The predicted octanol–water partition coefficient (Wildman–Crippen LogP) is -2.33. The van der Waals surface area contributed by atoms with Gasteiger partial charge in [0, 0.05) is 49.9 Å². The van der Waals surface area contributed by atoms with E-state index in [2.05, 4.69) is 40.9 Å². The minimum absolute atomic E-state index is 0.0402. The molecule has 35 heteroatoms. The number of carboxylic acid groups (broad SMARTS) is 2. The zero-order valence-corrected chi connectivity index (χ0v) is 40.4. The number of aromatic nitrogens is 2. The molecule has 1 aliphatic rings. The first-order valence-corrected chi connectivity index (χ1v) is 27.2. The summed E-state index contributed by atoms with van der Waals surface area (Å²) in [6.45, 7) is -0.898. The number of nitrogens with two attached hydrogens (primary N) is 1. The minimum atomic E-state index is -5.80. The Kier molecular flexibility index (Phi) is 26.3. The van der Waals surface area contributed by atoms with Crippen LogP contribution in [0, 0.1) is 11.8 Å². The summed E-state index contributed by atoms with van der Waals surface area (Å²) in [5, 5.41) is 37.9. The maximum absolute atomic E-state index is 12.5. The normalized spacial score (nSPS) is 18.7. The van der Waals surface area contributed by atoms with E-state index < -0.39 is 114 Å². The summed E-state index contributed by atoms with van der Waals surface area (Å²) in [5.41, 5.74) is 3.85. The maximum Gasteiger partial charge on any atom is 0.490 e. The van der Waals surface area contributed by atoms with Gasteiger partial charge in [-0.2, -0.15) is 8.62 Å². The molecule has 1 aliphatic heterocycles. The number of carboxylic acids is 2. The van der Waals surface area contributed by atoms with Crippen molar-refractivity contribution in [3.63, 3.8) is 0 Å². The summed E-state index contributed by atoms with van der Waals surface area (Å²) < 4.78 is 52.3. The Hall–Kier alpha value is -4.28. The molecule has 1 aromatic rings. The van der Waals surface area contributed by atoms with Crippen LogP contribution in [0.15, 0.2) is 15.8 Å². The second kappa shape index (κ2) is 29.8. The highest BCUT2D eigenvalue weighted by Crippen LogP contribution is 2.66. The zero-order valence-electron chi connectivity index (χ0n) is 36.1. The lowest BCUT2D eigenvalue weighted by atomic mass is 10.1. The van der Waals surface area contributed by atoms with Crippen LogP contribution in [-0.4, -0.2) is 148 Å². The van der Waals surface area contributed by atoms with Crippen molar-refractivity contribution in [2.45, 2.75) is 101 Å². The maximum atomic E-state index is 12.5. The molecule has 1 aromatic heterocycles. The van der Waals surface area contributed by atoms with Crippen molar-refractivity contribution < 1.29 is 100 Å². The molecule has 69 heavy (non-hydrogen) atoms. The molecule has 2 rings (SSSR count). The Morgan fingerprint density at radius 1 is 0.913 bits per heavy atom. The summed E-state index contributed by atoms with van der Waals surface area (Å²) in [4.78, 5) is 145. The Morgan fingerprint density at radius 2 is 1.61 bits per heavy atom. The molecule has 1 saturated heterocycles. The number of carbonyl (C=O) groups excluding carboxylic acids is 5. The Balaban J connectivity index is 1.64. The minimum Gasteiger partial charge on any atom is -0.481 e. The van der Waals surface area contributed by atoms with Gasteiger partial charge in [-0.3, -0.25) is 42.8 Å². The Bertz CT molecular complexity index is 2300. The van der Waals surface area contributed by atoms with Crippen LogP contribution in [0.2, 0.25) is 0 Å². The number of H-pyrrole nitrogens is 1. The van der Waals surface area contributed by atoms with Crippen LogP contribution in [0.3, 0.4) is 0 Å². The number of aliphatic carboxylic acids is 2. The molecule has 0 aromatic carbocycles. The van der Waals surface area contributed by atoms with Crippen molar-refractivity contribution >= 4 is 86.9 Å². The number of ether oxygens (including phenoxy) is 1. The number of amides is 4. The molecule has 30 nitrogen and oxygen atoms in total. The molecule has 14 N–H and O–H groups in total. The molecular weight excluding hydrogens is 1030 g/mol. The predicted molar refractivity (Wildman–Crippen MR) is 238 cm³/mol. The monoisotopic (exact) mass is 1080 g/mol.